The first-order valence-electron chi connectivity index (χ1n) is 6.77. The van der Waals surface area contributed by atoms with E-state index in [2.05, 4.69) is 20.8 Å². The van der Waals surface area contributed by atoms with Gasteiger partial charge in [-0.2, -0.15) is 0 Å². The Kier molecular flexibility index (Phi) is 5.04. The molecule has 0 unspecified atom stereocenters. The van der Waals surface area contributed by atoms with Gasteiger partial charge in [0, 0.05) is 58.2 Å². The lowest BCUT2D eigenvalue weighted by molar-refractivity contribution is -0.130. The number of hydrogen-bond donors (Lipinski definition) is 0. The van der Waals surface area contributed by atoms with Gasteiger partial charge in [0.25, 0.3) is 0 Å². The number of halogens is 1. The molecule has 2 heterocycles. The fraction of sp³-hybridized carbons (Fsp3) is 0.923. The van der Waals surface area contributed by atoms with Crippen LogP contribution in [0.4, 0.5) is 0 Å². The van der Waals surface area contributed by atoms with E-state index in [0.29, 0.717) is 5.41 Å². The average molecular weight is 319 g/mol. The summed E-state index contributed by atoms with van der Waals surface area (Å²) >= 11 is 3.68. The minimum Gasteiger partial charge on any atom is -0.381 e. The van der Waals surface area contributed by atoms with E-state index in [-0.39, 0.29) is 5.91 Å². The first kappa shape index (κ1) is 14.3. The first-order chi connectivity index (χ1) is 8.65. The second kappa shape index (κ2) is 6.35. The number of ether oxygens (including phenoxy) is 1. The van der Waals surface area contributed by atoms with E-state index in [1.165, 1.54) is 0 Å². The number of hydrogen-bond acceptors (Lipinski definition) is 3. The van der Waals surface area contributed by atoms with Crippen LogP contribution in [0.15, 0.2) is 0 Å². The van der Waals surface area contributed by atoms with Crippen LogP contribution in [0.3, 0.4) is 0 Å². The second-order valence-corrected chi connectivity index (χ2v) is 6.09. The van der Waals surface area contributed by atoms with Crippen molar-refractivity contribution < 1.29 is 9.53 Å². The van der Waals surface area contributed by atoms with E-state index in [9.17, 15) is 4.79 Å². The molecular weight excluding hydrogens is 296 g/mol. The summed E-state index contributed by atoms with van der Waals surface area (Å²) in [5.41, 5.74) is 0.372. The van der Waals surface area contributed by atoms with Crippen LogP contribution in [0.5, 0.6) is 0 Å². The van der Waals surface area contributed by atoms with E-state index in [1.807, 2.05) is 4.90 Å². The van der Waals surface area contributed by atoms with Gasteiger partial charge < -0.3 is 9.64 Å². The number of piperazine rings is 1. The number of rotatable bonds is 3. The van der Waals surface area contributed by atoms with Gasteiger partial charge in [-0.15, -0.1) is 0 Å². The molecule has 104 valence electrons. The molecule has 0 aromatic heterocycles. The number of carbonyl (C=O) groups excluding carboxylic acids is 1. The highest BCUT2D eigenvalue weighted by Gasteiger charge is 2.34. The third kappa shape index (κ3) is 3.45. The van der Waals surface area contributed by atoms with Crippen LogP contribution in [-0.2, 0) is 9.53 Å². The van der Waals surface area contributed by atoms with Gasteiger partial charge in [-0.3, -0.25) is 9.69 Å². The first-order valence-corrected chi connectivity index (χ1v) is 7.89. The topological polar surface area (TPSA) is 32.8 Å². The third-order valence-electron chi connectivity index (χ3n) is 4.21. The molecule has 0 saturated carbocycles. The number of amides is 1. The molecule has 0 spiro atoms. The normalized spacial score (nSPS) is 25.1. The highest BCUT2D eigenvalue weighted by molar-refractivity contribution is 9.09. The Bertz CT molecular complexity index is 285. The summed E-state index contributed by atoms with van der Waals surface area (Å²) in [4.78, 5) is 15.7. The SMILES string of the molecule is CC(=O)N1CCN(CC2(CBr)CCOCC2)CC1. The van der Waals surface area contributed by atoms with Crippen LogP contribution >= 0.6 is 15.9 Å². The van der Waals surface area contributed by atoms with Gasteiger partial charge in [0.05, 0.1) is 0 Å². The summed E-state index contributed by atoms with van der Waals surface area (Å²) < 4.78 is 5.47. The molecular formula is C13H23BrN2O2. The fourth-order valence-electron chi connectivity index (χ4n) is 2.83. The molecule has 0 N–H and O–H groups in total. The van der Waals surface area contributed by atoms with Crippen molar-refractivity contribution in [2.45, 2.75) is 19.8 Å². The summed E-state index contributed by atoms with van der Waals surface area (Å²) in [6.45, 7) is 8.35. The molecule has 1 amide bonds. The molecule has 2 aliphatic rings. The van der Waals surface area contributed by atoms with Crippen LogP contribution < -0.4 is 0 Å². The van der Waals surface area contributed by atoms with Gasteiger partial charge >= 0.3 is 0 Å². The van der Waals surface area contributed by atoms with Gasteiger partial charge in [-0.1, -0.05) is 15.9 Å². The zero-order valence-corrected chi connectivity index (χ0v) is 12.7. The highest BCUT2D eigenvalue weighted by atomic mass is 79.9. The molecule has 5 heteroatoms. The lowest BCUT2D eigenvalue weighted by Crippen LogP contribution is -2.52. The maximum absolute atomic E-state index is 11.3. The minimum atomic E-state index is 0.205. The monoisotopic (exact) mass is 318 g/mol. The van der Waals surface area contributed by atoms with Crippen molar-refractivity contribution in [3.8, 4) is 0 Å². The molecule has 18 heavy (non-hydrogen) atoms. The smallest absolute Gasteiger partial charge is 0.219 e. The van der Waals surface area contributed by atoms with Gasteiger partial charge in [0.2, 0.25) is 5.91 Å². The van der Waals surface area contributed by atoms with E-state index >= 15 is 0 Å². The van der Waals surface area contributed by atoms with Gasteiger partial charge in [-0.05, 0) is 18.3 Å². The zero-order chi connectivity index (χ0) is 13.0. The summed E-state index contributed by atoms with van der Waals surface area (Å²) in [6.07, 6.45) is 2.29. The Morgan fingerprint density at radius 1 is 1.22 bits per heavy atom. The molecule has 2 fully saturated rings. The lowest BCUT2D eigenvalue weighted by Gasteiger charge is -2.42. The molecule has 2 rings (SSSR count). The summed E-state index contributed by atoms with van der Waals surface area (Å²) in [6, 6.07) is 0. The van der Waals surface area contributed by atoms with Gasteiger partial charge in [0.1, 0.15) is 0 Å². The van der Waals surface area contributed by atoms with Crippen LogP contribution in [0, 0.1) is 5.41 Å². The van der Waals surface area contributed by atoms with Crippen molar-refractivity contribution in [2.75, 3.05) is 51.3 Å². The summed E-state index contributed by atoms with van der Waals surface area (Å²) in [7, 11) is 0. The van der Waals surface area contributed by atoms with Gasteiger partial charge in [-0.25, -0.2) is 0 Å². The Labute approximate surface area is 118 Å². The number of nitrogens with zero attached hydrogens (tertiary/aromatic N) is 2. The molecule has 4 nitrogen and oxygen atoms in total. The number of alkyl halides is 1. The van der Waals surface area contributed by atoms with Crippen LogP contribution in [-0.4, -0.2) is 67.0 Å². The van der Waals surface area contributed by atoms with E-state index < -0.39 is 0 Å². The maximum Gasteiger partial charge on any atom is 0.219 e. The standard InChI is InChI=1S/C13H23BrN2O2/c1-12(17)16-6-4-15(5-7-16)11-13(10-14)2-8-18-9-3-13/h2-11H2,1H3. The lowest BCUT2D eigenvalue weighted by atomic mass is 9.81. The van der Waals surface area contributed by atoms with Crippen molar-refractivity contribution in [3.05, 3.63) is 0 Å². The fourth-order valence-corrected chi connectivity index (χ4v) is 3.57. The quantitative estimate of drug-likeness (QED) is 0.736. The molecule has 0 aliphatic carbocycles. The van der Waals surface area contributed by atoms with Gasteiger partial charge in [0.15, 0.2) is 0 Å². The summed E-state index contributed by atoms with van der Waals surface area (Å²) in [5, 5.41) is 1.05. The molecule has 2 aliphatic heterocycles. The van der Waals surface area contributed by atoms with Crippen molar-refractivity contribution in [1.29, 1.82) is 0 Å². The van der Waals surface area contributed by atoms with Crippen LogP contribution in [0.1, 0.15) is 19.8 Å². The third-order valence-corrected chi connectivity index (χ3v) is 5.40. The Balaban J connectivity index is 1.84. The van der Waals surface area contributed by atoms with Crippen LogP contribution in [0.25, 0.3) is 0 Å². The Morgan fingerprint density at radius 2 is 1.83 bits per heavy atom. The molecule has 0 bridgehead atoms. The highest BCUT2D eigenvalue weighted by Crippen LogP contribution is 2.33. The predicted octanol–water partition coefficient (Wildman–Crippen LogP) is 1.34. The van der Waals surface area contributed by atoms with E-state index in [4.69, 9.17) is 4.74 Å². The van der Waals surface area contributed by atoms with Crippen molar-refractivity contribution in [2.24, 2.45) is 5.41 Å². The van der Waals surface area contributed by atoms with Crippen LogP contribution in [0.2, 0.25) is 0 Å². The molecule has 0 aromatic carbocycles. The van der Waals surface area contributed by atoms with E-state index in [0.717, 1.165) is 64.1 Å². The predicted molar refractivity (Wildman–Crippen MR) is 75.0 cm³/mol. The second-order valence-electron chi connectivity index (χ2n) is 5.53. The molecule has 0 aromatic rings. The minimum absolute atomic E-state index is 0.205. The van der Waals surface area contributed by atoms with Crippen molar-refractivity contribution in [1.82, 2.24) is 9.80 Å². The average Bonchev–Trinajstić information content (AvgIpc) is 2.40. The Morgan fingerprint density at radius 3 is 2.33 bits per heavy atom. The number of carbonyl (C=O) groups is 1. The molecule has 0 atom stereocenters. The molecule has 2 saturated heterocycles. The largest absolute Gasteiger partial charge is 0.381 e. The zero-order valence-electron chi connectivity index (χ0n) is 11.2. The molecule has 0 radical (unpaired) electrons. The maximum atomic E-state index is 11.3. The summed E-state index contributed by atoms with van der Waals surface area (Å²) in [5.74, 6) is 0.205. The Hall–Kier alpha value is -0.130. The van der Waals surface area contributed by atoms with Crippen molar-refractivity contribution in [3.63, 3.8) is 0 Å². The van der Waals surface area contributed by atoms with Crippen molar-refractivity contribution >= 4 is 21.8 Å². The van der Waals surface area contributed by atoms with E-state index in [1.54, 1.807) is 6.92 Å².